The van der Waals surface area contributed by atoms with Gasteiger partial charge < -0.3 is 10.1 Å². The van der Waals surface area contributed by atoms with Gasteiger partial charge in [-0.3, -0.25) is 9.89 Å². The molecule has 0 radical (unpaired) electrons. The van der Waals surface area contributed by atoms with Gasteiger partial charge in [0.05, 0.1) is 10.6 Å². The number of amides is 1. The molecule has 27 heavy (non-hydrogen) atoms. The number of nitrogens with zero attached hydrogens (tertiary/aromatic N) is 1. The molecule has 0 aliphatic carbocycles. The number of rotatable bonds is 5. The number of aromatic nitrogens is 2. The number of halogens is 1. The lowest BCUT2D eigenvalue weighted by atomic mass is 9.74. The average molecular weight is 446 g/mol. The minimum atomic E-state index is -0.157. The van der Waals surface area contributed by atoms with Gasteiger partial charge in [-0.05, 0) is 48.1 Å². The summed E-state index contributed by atoms with van der Waals surface area (Å²) in [7, 11) is 0. The largest absolute Gasteiger partial charge is 0.381 e. The first-order valence-corrected chi connectivity index (χ1v) is 10.5. The predicted molar refractivity (Wildman–Crippen MR) is 110 cm³/mol. The first-order valence-electron chi connectivity index (χ1n) is 8.88. The molecule has 1 amide bonds. The monoisotopic (exact) mass is 445 g/mol. The molecule has 3 heterocycles. The van der Waals surface area contributed by atoms with Gasteiger partial charge in [-0.1, -0.05) is 34.1 Å². The summed E-state index contributed by atoms with van der Waals surface area (Å²) in [6, 6.07) is 14.1. The Labute approximate surface area is 170 Å². The number of ether oxygens (including phenoxy) is 1. The van der Waals surface area contributed by atoms with Crippen molar-refractivity contribution in [1.29, 1.82) is 0 Å². The average Bonchev–Trinajstić information content (AvgIpc) is 3.38. The van der Waals surface area contributed by atoms with Crippen LogP contribution in [0.5, 0.6) is 0 Å². The predicted octanol–water partition coefficient (Wildman–Crippen LogP) is 4.38. The highest BCUT2D eigenvalue weighted by Gasteiger charge is 2.35. The Hall–Kier alpha value is -1.96. The van der Waals surface area contributed by atoms with E-state index in [4.69, 9.17) is 4.74 Å². The normalized spacial score (nSPS) is 16.2. The summed E-state index contributed by atoms with van der Waals surface area (Å²) in [5, 5.41) is 12.2. The molecule has 1 fully saturated rings. The smallest absolute Gasteiger partial charge is 0.271 e. The van der Waals surface area contributed by atoms with Crippen LogP contribution in [-0.2, 0) is 10.2 Å². The summed E-state index contributed by atoms with van der Waals surface area (Å²) in [5.74, 6) is -0.157. The molecule has 1 aliphatic heterocycles. The van der Waals surface area contributed by atoms with Crippen LogP contribution in [0.25, 0.3) is 10.6 Å². The van der Waals surface area contributed by atoms with E-state index in [0.29, 0.717) is 25.5 Å². The molecular formula is C20H20BrN3O2S. The van der Waals surface area contributed by atoms with Gasteiger partial charge >= 0.3 is 0 Å². The Morgan fingerprint density at radius 2 is 2.11 bits per heavy atom. The highest BCUT2D eigenvalue weighted by molar-refractivity contribution is 9.10. The van der Waals surface area contributed by atoms with Crippen molar-refractivity contribution >= 4 is 33.2 Å². The molecule has 0 bridgehead atoms. The second-order valence-corrected chi connectivity index (χ2v) is 8.59. The molecule has 0 spiro atoms. The van der Waals surface area contributed by atoms with E-state index in [0.717, 1.165) is 27.9 Å². The van der Waals surface area contributed by atoms with Crippen molar-refractivity contribution in [1.82, 2.24) is 15.5 Å². The van der Waals surface area contributed by atoms with Crippen LogP contribution in [0.15, 0.2) is 52.3 Å². The maximum Gasteiger partial charge on any atom is 0.271 e. The van der Waals surface area contributed by atoms with Gasteiger partial charge in [0.25, 0.3) is 5.91 Å². The summed E-state index contributed by atoms with van der Waals surface area (Å²) < 4.78 is 6.62. The molecular weight excluding hydrogens is 426 g/mol. The fourth-order valence-corrected chi connectivity index (χ4v) is 4.58. The number of thiophene rings is 1. The molecule has 3 aromatic rings. The molecule has 0 saturated carbocycles. The second-order valence-electron chi connectivity index (χ2n) is 6.73. The minimum absolute atomic E-state index is 0.120. The van der Waals surface area contributed by atoms with Gasteiger partial charge in [0, 0.05) is 29.6 Å². The van der Waals surface area contributed by atoms with Crippen molar-refractivity contribution in [3.8, 4) is 10.6 Å². The Kier molecular flexibility index (Phi) is 5.43. The van der Waals surface area contributed by atoms with Gasteiger partial charge in [0.15, 0.2) is 5.69 Å². The zero-order valence-electron chi connectivity index (χ0n) is 14.7. The summed E-state index contributed by atoms with van der Waals surface area (Å²) in [6.45, 7) is 1.97. The lowest BCUT2D eigenvalue weighted by molar-refractivity contribution is 0.0486. The Morgan fingerprint density at radius 1 is 1.26 bits per heavy atom. The van der Waals surface area contributed by atoms with E-state index in [1.807, 2.05) is 29.6 Å². The maximum absolute atomic E-state index is 12.7. The van der Waals surface area contributed by atoms with Gasteiger partial charge in [-0.15, -0.1) is 11.3 Å². The number of aromatic amines is 1. The fraction of sp³-hybridized carbons (Fsp3) is 0.300. The van der Waals surface area contributed by atoms with Crippen molar-refractivity contribution in [2.75, 3.05) is 19.8 Å². The van der Waals surface area contributed by atoms with Gasteiger partial charge in [-0.2, -0.15) is 5.10 Å². The van der Waals surface area contributed by atoms with Crippen molar-refractivity contribution in [2.24, 2.45) is 0 Å². The van der Waals surface area contributed by atoms with E-state index in [9.17, 15) is 4.79 Å². The van der Waals surface area contributed by atoms with Gasteiger partial charge in [0.1, 0.15) is 0 Å². The van der Waals surface area contributed by atoms with E-state index in [-0.39, 0.29) is 11.3 Å². The van der Waals surface area contributed by atoms with Crippen molar-refractivity contribution in [2.45, 2.75) is 18.3 Å². The molecule has 0 unspecified atom stereocenters. The molecule has 2 aromatic heterocycles. The van der Waals surface area contributed by atoms with Crippen LogP contribution in [-0.4, -0.2) is 35.9 Å². The molecule has 2 N–H and O–H groups in total. The van der Waals surface area contributed by atoms with E-state index in [2.05, 4.69) is 43.6 Å². The Morgan fingerprint density at radius 3 is 2.85 bits per heavy atom. The van der Waals surface area contributed by atoms with Crippen LogP contribution in [0.2, 0.25) is 0 Å². The maximum atomic E-state index is 12.7. The third kappa shape index (κ3) is 4.00. The highest BCUT2D eigenvalue weighted by atomic mass is 79.9. The molecule has 1 saturated heterocycles. The number of hydrogen-bond donors (Lipinski definition) is 2. The first kappa shape index (κ1) is 18.4. The standard InChI is InChI=1S/C20H20BrN3O2S/c21-15-4-1-3-14(11-15)20(6-8-26-9-7-20)13-22-19(25)17-12-16(23-24-17)18-5-2-10-27-18/h1-5,10-12H,6-9,13H2,(H,22,25)(H,23,24). The van der Waals surface area contributed by atoms with E-state index < -0.39 is 0 Å². The number of carbonyl (C=O) groups is 1. The summed E-state index contributed by atoms with van der Waals surface area (Å²) in [5.41, 5.74) is 2.38. The van der Waals surface area contributed by atoms with Crippen molar-refractivity contribution in [3.05, 3.63) is 63.6 Å². The lowest BCUT2D eigenvalue weighted by Crippen LogP contribution is -2.44. The number of hydrogen-bond acceptors (Lipinski definition) is 4. The van der Waals surface area contributed by atoms with E-state index in [1.54, 1.807) is 17.4 Å². The third-order valence-electron chi connectivity index (χ3n) is 5.07. The van der Waals surface area contributed by atoms with Crippen LogP contribution in [0.1, 0.15) is 28.9 Å². The number of H-pyrrole nitrogens is 1. The zero-order valence-corrected chi connectivity index (χ0v) is 17.1. The SMILES string of the molecule is O=C(NCC1(c2cccc(Br)c2)CCOCC1)c1cc(-c2cccs2)[nH]n1. The lowest BCUT2D eigenvalue weighted by Gasteiger charge is -2.38. The summed E-state index contributed by atoms with van der Waals surface area (Å²) >= 11 is 5.17. The Bertz CT molecular complexity index is 917. The fourth-order valence-electron chi connectivity index (χ4n) is 3.48. The molecule has 1 aliphatic rings. The molecule has 4 rings (SSSR count). The quantitative estimate of drug-likeness (QED) is 0.612. The second kappa shape index (κ2) is 7.96. The van der Waals surface area contributed by atoms with Crippen LogP contribution in [0, 0.1) is 0 Å². The summed E-state index contributed by atoms with van der Waals surface area (Å²) in [4.78, 5) is 13.7. The van der Waals surface area contributed by atoms with Crippen LogP contribution in [0.4, 0.5) is 0 Å². The topological polar surface area (TPSA) is 67.0 Å². The molecule has 5 nitrogen and oxygen atoms in total. The molecule has 0 atom stereocenters. The van der Waals surface area contributed by atoms with Crippen LogP contribution >= 0.6 is 27.3 Å². The van der Waals surface area contributed by atoms with Crippen molar-refractivity contribution < 1.29 is 9.53 Å². The third-order valence-corrected chi connectivity index (χ3v) is 6.47. The Balaban J connectivity index is 1.50. The van der Waals surface area contributed by atoms with Crippen molar-refractivity contribution in [3.63, 3.8) is 0 Å². The van der Waals surface area contributed by atoms with Gasteiger partial charge in [0.2, 0.25) is 0 Å². The van der Waals surface area contributed by atoms with Crippen LogP contribution < -0.4 is 5.32 Å². The summed E-state index contributed by atoms with van der Waals surface area (Å²) in [6.07, 6.45) is 1.76. The number of carbonyl (C=O) groups excluding carboxylic acids is 1. The minimum Gasteiger partial charge on any atom is -0.381 e. The van der Waals surface area contributed by atoms with E-state index in [1.165, 1.54) is 5.56 Å². The zero-order chi connectivity index (χ0) is 18.7. The number of benzene rings is 1. The molecule has 7 heteroatoms. The number of nitrogens with one attached hydrogen (secondary N) is 2. The molecule has 1 aromatic carbocycles. The first-order chi connectivity index (χ1) is 13.2. The highest BCUT2D eigenvalue weighted by Crippen LogP contribution is 2.35. The van der Waals surface area contributed by atoms with E-state index >= 15 is 0 Å². The van der Waals surface area contributed by atoms with Gasteiger partial charge in [-0.25, -0.2) is 0 Å². The van der Waals surface area contributed by atoms with Crippen LogP contribution in [0.3, 0.4) is 0 Å². The molecule has 140 valence electrons.